The molecule has 1 aromatic heterocycles. The number of carboxylic acids is 1. The molecular weight excluding hydrogens is 230 g/mol. The second-order valence-electron chi connectivity index (χ2n) is 4.87. The van der Waals surface area contributed by atoms with E-state index in [9.17, 15) is 4.79 Å². The van der Waals surface area contributed by atoms with Gasteiger partial charge in [0.15, 0.2) is 0 Å². The van der Waals surface area contributed by atoms with Crippen LogP contribution in [-0.2, 0) is 4.79 Å². The standard InChI is InChI=1S/C13H19N3O2/c1-9-7-12(15-10(2)14-9)16(8-13(17)18)11-5-3-4-6-11/h7,11H,3-6,8H2,1-2H3,(H,17,18). The highest BCUT2D eigenvalue weighted by Gasteiger charge is 2.25. The summed E-state index contributed by atoms with van der Waals surface area (Å²) >= 11 is 0. The van der Waals surface area contributed by atoms with Gasteiger partial charge in [0, 0.05) is 17.8 Å². The van der Waals surface area contributed by atoms with E-state index in [1.165, 1.54) is 12.8 Å². The fraction of sp³-hybridized carbons (Fsp3) is 0.615. The van der Waals surface area contributed by atoms with Crippen LogP contribution in [0, 0.1) is 13.8 Å². The van der Waals surface area contributed by atoms with E-state index in [0.717, 1.165) is 24.4 Å². The number of carbonyl (C=O) groups is 1. The predicted octanol–water partition coefficient (Wildman–Crippen LogP) is 1.93. The highest BCUT2D eigenvalue weighted by Crippen LogP contribution is 2.27. The van der Waals surface area contributed by atoms with Crippen molar-refractivity contribution in [3.8, 4) is 0 Å². The number of hydrogen-bond donors (Lipinski definition) is 1. The minimum atomic E-state index is -0.809. The number of hydrogen-bond acceptors (Lipinski definition) is 4. The first kappa shape index (κ1) is 12.8. The molecule has 1 fully saturated rings. The Morgan fingerprint density at radius 3 is 2.61 bits per heavy atom. The predicted molar refractivity (Wildman–Crippen MR) is 68.7 cm³/mol. The fourth-order valence-corrected chi connectivity index (χ4v) is 2.60. The van der Waals surface area contributed by atoms with E-state index < -0.39 is 5.97 Å². The maximum absolute atomic E-state index is 11.0. The maximum Gasteiger partial charge on any atom is 0.323 e. The molecule has 5 nitrogen and oxygen atoms in total. The number of anilines is 1. The molecule has 1 N–H and O–H groups in total. The number of carboxylic acid groups (broad SMARTS) is 1. The van der Waals surface area contributed by atoms with Gasteiger partial charge < -0.3 is 10.0 Å². The molecule has 0 aromatic carbocycles. The fourth-order valence-electron chi connectivity index (χ4n) is 2.60. The van der Waals surface area contributed by atoms with Crippen molar-refractivity contribution >= 4 is 11.8 Å². The Kier molecular flexibility index (Phi) is 3.79. The number of rotatable bonds is 4. The molecule has 2 rings (SSSR count). The van der Waals surface area contributed by atoms with Crippen molar-refractivity contribution in [3.05, 3.63) is 17.6 Å². The van der Waals surface area contributed by atoms with Crippen LogP contribution in [0.15, 0.2) is 6.07 Å². The minimum absolute atomic E-state index is 0.0144. The van der Waals surface area contributed by atoms with Crippen molar-refractivity contribution in [2.45, 2.75) is 45.6 Å². The van der Waals surface area contributed by atoms with Gasteiger partial charge in [0.1, 0.15) is 18.2 Å². The lowest BCUT2D eigenvalue weighted by Gasteiger charge is -2.28. The quantitative estimate of drug-likeness (QED) is 0.883. The summed E-state index contributed by atoms with van der Waals surface area (Å²) in [6.45, 7) is 3.76. The summed E-state index contributed by atoms with van der Waals surface area (Å²) in [4.78, 5) is 21.6. The third-order valence-electron chi connectivity index (χ3n) is 3.32. The summed E-state index contributed by atoms with van der Waals surface area (Å²) in [7, 11) is 0. The molecule has 1 heterocycles. The van der Waals surface area contributed by atoms with Crippen LogP contribution < -0.4 is 4.90 Å². The number of aliphatic carboxylic acids is 1. The summed E-state index contributed by atoms with van der Waals surface area (Å²) in [6.07, 6.45) is 4.44. The molecular formula is C13H19N3O2. The molecule has 1 aliphatic carbocycles. The first-order valence-electron chi connectivity index (χ1n) is 6.37. The van der Waals surface area contributed by atoms with Crippen LogP contribution in [0.4, 0.5) is 5.82 Å². The van der Waals surface area contributed by atoms with Crippen LogP contribution in [-0.4, -0.2) is 33.6 Å². The molecule has 0 amide bonds. The molecule has 0 radical (unpaired) electrons. The Bertz CT molecular complexity index is 422. The van der Waals surface area contributed by atoms with Crippen LogP contribution in [0.1, 0.15) is 37.2 Å². The van der Waals surface area contributed by atoms with E-state index in [4.69, 9.17) is 5.11 Å². The maximum atomic E-state index is 11.0. The van der Waals surface area contributed by atoms with Crippen molar-refractivity contribution in [1.82, 2.24) is 9.97 Å². The normalized spacial score (nSPS) is 15.9. The number of aryl methyl sites for hydroxylation is 2. The zero-order valence-electron chi connectivity index (χ0n) is 10.9. The van der Waals surface area contributed by atoms with Crippen LogP contribution >= 0.6 is 0 Å². The molecule has 98 valence electrons. The third kappa shape index (κ3) is 2.97. The molecule has 0 spiro atoms. The Hall–Kier alpha value is -1.65. The SMILES string of the molecule is Cc1cc(N(CC(=O)O)C2CCCC2)nc(C)n1. The monoisotopic (exact) mass is 249 g/mol. The Morgan fingerprint density at radius 1 is 1.39 bits per heavy atom. The molecule has 0 saturated heterocycles. The van der Waals surface area contributed by atoms with Crippen LogP contribution in [0.3, 0.4) is 0 Å². The Labute approximate surface area is 107 Å². The smallest absolute Gasteiger partial charge is 0.323 e. The molecule has 5 heteroatoms. The molecule has 0 unspecified atom stereocenters. The highest BCUT2D eigenvalue weighted by molar-refractivity contribution is 5.73. The summed E-state index contributed by atoms with van der Waals surface area (Å²) in [5.41, 5.74) is 0.880. The molecule has 1 aromatic rings. The van der Waals surface area contributed by atoms with Gasteiger partial charge in [-0.1, -0.05) is 12.8 Å². The first-order chi connectivity index (χ1) is 8.56. The lowest BCUT2D eigenvalue weighted by Crippen LogP contribution is -2.38. The van der Waals surface area contributed by atoms with Gasteiger partial charge in [-0.25, -0.2) is 9.97 Å². The average molecular weight is 249 g/mol. The molecule has 18 heavy (non-hydrogen) atoms. The summed E-state index contributed by atoms with van der Waals surface area (Å²) < 4.78 is 0. The van der Waals surface area contributed by atoms with E-state index in [1.54, 1.807) is 0 Å². The largest absolute Gasteiger partial charge is 0.480 e. The number of aromatic nitrogens is 2. The molecule has 0 aliphatic heterocycles. The topological polar surface area (TPSA) is 66.3 Å². The van der Waals surface area contributed by atoms with Gasteiger partial charge in [-0.2, -0.15) is 0 Å². The van der Waals surface area contributed by atoms with Gasteiger partial charge >= 0.3 is 5.97 Å². The summed E-state index contributed by atoms with van der Waals surface area (Å²) in [5, 5.41) is 9.06. The molecule has 1 saturated carbocycles. The summed E-state index contributed by atoms with van der Waals surface area (Å²) in [6, 6.07) is 2.17. The van der Waals surface area contributed by atoms with Crippen molar-refractivity contribution in [2.75, 3.05) is 11.4 Å². The van der Waals surface area contributed by atoms with E-state index in [1.807, 2.05) is 24.8 Å². The first-order valence-corrected chi connectivity index (χ1v) is 6.37. The Morgan fingerprint density at radius 2 is 2.06 bits per heavy atom. The molecule has 1 aliphatic rings. The van der Waals surface area contributed by atoms with Gasteiger partial charge in [-0.15, -0.1) is 0 Å². The highest BCUT2D eigenvalue weighted by atomic mass is 16.4. The van der Waals surface area contributed by atoms with E-state index in [2.05, 4.69) is 9.97 Å². The second kappa shape index (κ2) is 5.33. The van der Waals surface area contributed by atoms with Gasteiger partial charge in [0.25, 0.3) is 0 Å². The van der Waals surface area contributed by atoms with E-state index in [-0.39, 0.29) is 6.54 Å². The van der Waals surface area contributed by atoms with Crippen LogP contribution in [0.25, 0.3) is 0 Å². The van der Waals surface area contributed by atoms with Crippen molar-refractivity contribution in [2.24, 2.45) is 0 Å². The van der Waals surface area contributed by atoms with Gasteiger partial charge in [0.2, 0.25) is 0 Å². The van der Waals surface area contributed by atoms with Crippen molar-refractivity contribution in [1.29, 1.82) is 0 Å². The zero-order valence-corrected chi connectivity index (χ0v) is 10.9. The van der Waals surface area contributed by atoms with Crippen molar-refractivity contribution in [3.63, 3.8) is 0 Å². The zero-order chi connectivity index (χ0) is 13.1. The van der Waals surface area contributed by atoms with Crippen LogP contribution in [0.5, 0.6) is 0 Å². The number of nitrogens with zero attached hydrogens (tertiary/aromatic N) is 3. The second-order valence-corrected chi connectivity index (χ2v) is 4.87. The lowest BCUT2D eigenvalue weighted by atomic mass is 10.2. The van der Waals surface area contributed by atoms with Crippen LogP contribution in [0.2, 0.25) is 0 Å². The Balaban J connectivity index is 2.28. The van der Waals surface area contributed by atoms with Gasteiger partial charge in [0.05, 0.1) is 0 Å². The van der Waals surface area contributed by atoms with Crippen molar-refractivity contribution < 1.29 is 9.90 Å². The third-order valence-corrected chi connectivity index (χ3v) is 3.32. The lowest BCUT2D eigenvalue weighted by molar-refractivity contribution is -0.135. The van der Waals surface area contributed by atoms with Gasteiger partial charge in [-0.05, 0) is 26.7 Å². The average Bonchev–Trinajstić information content (AvgIpc) is 2.77. The van der Waals surface area contributed by atoms with E-state index in [0.29, 0.717) is 11.9 Å². The van der Waals surface area contributed by atoms with Gasteiger partial charge in [-0.3, -0.25) is 4.79 Å². The molecule has 0 atom stereocenters. The molecule has 0 bridgehead atoms. The minimum Gasteiger partial charge on any atom is -0.480 e. The van der Waals surface area contributed by atoms with E-state index >= 15 is 0 Å². The summed E-state index contributed by atoms with van der Waals surface area (Å²) in [5.74, 6) is 0.628.